The number of aryl methyl sites for hydroxylation is 2. The summed E-state index contributed by atoms with van der Waals surface area (Å²) in [6.07, 6.45) is 0.194. The molecule has 30 heavy (non-hydrogen) atoms. The maximum Gasteiger partial charge on any atom is 0.243 e. The molecule has 0 N–H and O–H groups in total. The monoisotopic (exact) mass is 428 g/mol. The molecule has 1 unspecified atom stereocenters. The summed E-state index contributed by atoms with van der Waals surface area (Å²) in [6.45, 7) is 4.21. The molecule has 0 amide bonds. The highest BCUT2D eigenvalue weighted by Crippen LogP contribution is 2.32. The minimum absolute atomic E-state index is 0.172. The van der Waals surface area contributed by atoms with Crippen molar-refractivity contribution in [1.29, 1.82) is 0 Å². The van der Waals surface area contributed by atoms with Gasteiger partial charge in [-0.05, 0) is 37.1 Å². The van der Waals surface area contributed by atoms with Crippen molar-refractivity contribution in [2.75, 3.05) is 20.2 Å². The number of nitrogens with zero attached hydrogens (tertiary/aromatic N) is 2. The van der Waals surface area contributed by atoms with Crippen LogP contribution in [0.25, 0.3) is 11.3 Å². The van der Waals surface area contributed by atoms with E-state index in [1.165, 1.54) is 4.31 Å². The minimum Gasteiger partial charge on any atom is -0.486 e. The maximum atomic E-state index is 13.4. The van der Waals surface area contributed by atoms with E-state index in [-0.39, 0.29) is 18.0 Å². The lowest BCUT2D eigenvalue weighted by molar-refractivity contribution is 0.0798. The van der Waals surface area contributed by atoms with E-state index in [0.717, 1.165) is 11.3 Å². The highest BCUT2D eigenvalue weighted by molar-refractivity contribution is 7.89. The maximum absolute atomic E-state index is 13.4. The second-order valence-electron chi connectivity index (χ2n) is 7.29. The van der Waals surface area contributed by atoms with Crippen LogP contribution in [0.4, 0.5) is 0 Å². The van der Waals surface area contributed by atoms with Gasteiger partial charge >= 0.3 is 0 Å². The molecule has 7 nitrogen and oxygen atoms in total. The molecule has 1 aliphatic rings. The molecule has 0 saturated heterocycles. The van der Waals surface area contributed by atoms with Crippen molar-refractivity contribution >= 4 is 10.0 Å². The molecule has 0 radical (unpaired) electrons. The molecular weight excluding hydrogens is 404 g/mol. The van der Waals surface area contributed by atoms with Crippen molar-refractivity contribution in [3.05, 3.63) is 59.8 Å². The van der Waals surface area contributed by atoms with Crippen molar-refractivity contribution in [3.8, 4) is 22.8 Å². The highest BCUT2D eigenvalue weighted by atomic mass is 32.2. The topological polar surface area (TPSA) is 81.9 Å². The Labute approximate surface area is 176 Å². The van der Waals surface area contributed by atoms with Crippen molar-refractivity contribution in [2.24, 2.45) is 0 Å². The van der Waals surface area contributed by atoms with Gasteiger partial charge in [0.15, 0.2) is 17.3 Å². The summed E-state index contributed by atoms with van der Waals surface area (Å²) in [5, 5.41) is 3.89. The minimum atomic E-state index is -3.75. The summed E-state index contributed by atoms with van der Waals surface area (Å²) in [7, 11) is -2.19. The lowest BCUT2D eigenvalue weighted by atomic mass is 10.1. The Hall–Kier alpha value is -2.84. The van der Waals surface area contributed by atoms with Gasteiger partial charge < -0.3 is 14.0 Å². The Morgan fingerprint density at radius 3 is 2.60 bits per heavy atom. The lowest BCUT2D eigenvalue weighted by Gasteiger charge is -2.29. The van der Waals surface area contributed by atoms with Gasteiger partial charge in [-0.2, -0.15) is 4.31 Å². The molecule has 1 atom stereocenters. The molecule has 0 saturated carbocycles. The van der Waals surface area contributed by atoms with Gasteiger partial charge in [0.25, 0.3) is 0 Å². The fourth-order valence-electron chi connectivity index (χ4n) is 3.45. The van der Waals surface area contributed by atoms with Crippen LogP contribution in [-0.2, 0) is 16.4 Å². The number of sulfonamides is 1. The van der Waals surface area contributed by atoms with Crippen molar-refractivity contribution in [3.63, 3.8) is 0 Å². The third-order valence-electron chi connectivity index (χ3n) is 5.08. The Morgan fingerprint density at radius 1 is 1.13 bits per heavy atom. The number of likely N-dealkylation sites (N-methyl/N-ethyl adjacent to an activating group) is 1. The first-order valence-corrected chi connectivity index (χ1v) is 11.2. The third kappa shape index (κ3) is 3.93. The molecule has 2 heterocycles. The summed E-state index contributed by atoms with van der Waals surface area (Å²) in [4.78, 5) is 0.260. The Bertz CT molecular complexity index is 1160. The molecule has 158 valence electrons. The number of ether oxygens (including phenoxy) is 2. The van der Waals surface area contributed by atoms with Crippen LogP contribution in [-0.4, -0.2) is 44.2 Å². The second-order valence-corrected chi connectivity index (χ2v) is 9.31. The van der Waals surface area contributed by atoms with E-state index in [0.29, 0.717) is 29.2 Å². The first-order chi connectivity index (χ1) is 14.4. The van der Waals surface area contributed by atoms with Gasteiger partial charge in [-0.3, -0.25) is 0 Å². The van der Waals surface area contributed by atoms with Gasteiger partial charge in [-0.25, -0.2) is 8.42 Å². The molecule has 1 aromatic heterocycles. The van der Waals surface area contributed by atoms with Crippen LogP contribution >= 0.6 is 0 Å². The van der Waals surface area contributed by atoms with E-state index in [4.69, 9.17) is 14.0 Å². The van der Waals surface area contributed by atoms with Crippen molar-refractivity contribution in [1.82, 2.24) is 9.46 Å². The van der Waals surface area contributed by atoms with Crippen molar-refractivity contribution in [2.45, 2.75) is 31.3 Å². The largest absolute Gasteiger partial charge is 0.486 e. The molecule has 2 aromatic carbocycles. The Kier molecular flexibility index (Phi) is 5.53. The van der Waals surface area contributed by atoms with Crippen LogP contribution in [0.2, 0.25) is 0 Å². The SMILES string of the molecule is CCc1ccc(-c2cc(C)no2)cc1S(=O)(=O)N(C)CC1COc2ccccc2O1. The predicted octanol–water partition coefficient (Wildman–Crippen LogP) is 3.67. The standard InChI is InChI=1S/C22H24N2O5S/c1-4-16-9-10-17(21-11-15(2)23-29-21)12-22(16)30(25,26)24(3)13-18-14-27-19-7-5-6-8-20(19)28-18/h5-12,18H,4,13-14H2,1-3H3. The van der Waals surface area contributed by atoms with Gasteiger partial charge in [0.1, 0.15) is 12.7 Å². The summed E-state index contributed by atoms with van der Waals surface area (Å²) in [5.74, 6) is 1.83. The zero-order chi connectivity index (χ0) is 21.3. The fraction of sp³-hybridized carbons (Fsp3) is 0.318. The first kappa shape index (κ1) is 20.4. The van der Waals surface area contributed by atoms with Crippen LogP contribution in [0.15, 0.2) is 57.9 Å². The van der Waals surface area contributed by atoms with Crippen LogP contribution in [0.5, 0.6) is 11.5 Å². The zero-order valence-corrected chi connectivity index (χ0v) is 18.0. The van der Waals surface area contributed by atoms with Gasteiger partial charge in [0.05, 0.1) is 17.1 Å². The quantitative estimate of drug-likeness (QED) is 0.596. The van der Waals surface area contributed by atoms with Crippen LogP contribution in [0.1, 0.15) is 18.2 Å². The van der Waals surface area contributed by atoms with Gasteiger partial charge in [0, 0.05) is 18.7 Å². The average Bonchev–Trinajstić information content (AvgIpc) is 3.19. The average molecular weight is 429 g/mol. The number of hydrogen-bond donors (Lipinski definition) is 0. The van der Waals surface area contributed by atoms with Gasteiger partial charge in [0.2, 0.25) is 10.0 Å². The molecule has 0 aliphatic carbocycles. The van der Waals surface area contributed by atoms with E-state index in [1.54, 1.807) is 19.2 Å². The van der Waals surface area contributed by atoms with Gasteiger partial charge in [-0.15, -0.1) is 0 Å². The van der Waals surface area contributed by atoms with Crippen molar-refractivity contribution < 1.29 is 22.4 Å². The van der Waals surface area contributed by atoms with Crippen LogP contribution in [0, 0.1) is 6.92 Å². The van der Waals surface area contributed by atoms with E-state index >= 15 is 0 Å². The number of hydrogen-bond acceptors (Lipinski definition) is 6. The molecule has 0 spiro atoms. The Morgan fingerprint density at radius 2 is 1.90 bits per heavy atom. The zero-order valence-electron chi connectivity index (χ0n) is 17.2. The molecular formula is C22H24N2O5S. The van der Waals surface area contributed by atoms with E-state index < -0.39 is 16.1 Å². The number of para-hydroxylation sites is 2. The summed E-state index contributed by atoms with van der Waals surface area (Å²) < 4.78 is 45.1. The molecule has 0 bridgehead atoms. The third-order valence-corrected chi connectivity index (χ3v) is 6.98. The molecule has 1 aliphatic heterocycles. The second kappa shape index (κ2) is 8.12. The number of aromatic nitrogens is 1. The number of rotatable bonds is 6. The summed E-state index contributed by atoms with van der Waals surface area (Å²) in [6, 6.07) is 14.5. The van der Waals surface area contributed by atoms with E-state index in [1.807, 2.05) is 50.2 Å². The van der Waals surface area contributed by atoms with Gasteiger partial charge in [-0.1, -0.05) is 36.3 Å². The van der Waals surface area contributed by atoms with E-state index in [2.05, 4.69) is 5.16 Å². The molecule has 0 fully saturated rings. The first-order valence-electron chi connectivity index (χ1n) is 9.80. The summed E-state index contributed by atoms with van der Waals surface area (Å²) >= 11 is 0. The Balaban J connectivity index is 1.59. The smallest absolute Gasteiger partial charge is 0.243 e. The predicted molar refractivity (Wildman–Crippen MR) is 112 cm³/mol. The summed E-state index contributed by atoms with van der Waals surface area (Å²) in [5.41, 5.74) is 2.15. The van der Waals surface area contributed by atoms with Crippen LogP contribution in [0.3, 0.4) is 0 Å². The van der Waals surface area contributed by atoms with E-state index in [9.17, 15) is 8.42 Å². The lowest BCUT2D eigenvalue weighted by Crippen LogP contribution is -2.41. The molecule has 8 heteroatoms. The molecule has 4 rings (SSSR count). The number of benzene rings is 2. The fourth-order valence-corrected chi connectivity index (χ4v) is 4.96. The van der Waals surface area contributed by atoms with Crippen LogP contribution < -0.4 is 9.47 Å². The highest BCUT2D eigenvalue weighted by Gasteiger charge is 2.29. The number of fused-ring (bicyclic) bond motifs is 1. The molecule has 3 aromatic rings. The normalized spacial score (nSPS) is 16.1.